The molecule has 4 nitrogen and oxygen atoms in total. The molecule has 3 heterocycles. The van der Waals surface area contributed by atoms with Gasteiger partial charge in [-0.3, -0.25) is 4.18 Å². The molecule has 3 aliphatic heterocycles. The molecule has 74 valence electrons. The van der Waals surface area contributed by atoms with Gasteiger partial charge >= 0.3 is 0 Å². The van der Waals surface area contributed by atoms with Crippen molar-refractivity contribution in [3.63, 3.8) is 0 Å². The molecule has 3 saturated heterocycles. The summed E-state index contributed by atoms with van der Waals surface area (Å²) >= 11 is 2.23. The molecule has 0 aromatic rings. The molecule has 0 amide bonds. The minimum atomic E-state index is -3.34. The Morgan fingerprint density at radius 1 is 1.23 bits per heavy atom. The minimum Gasteiger partial charge on any atom is -0.369 e. The maximum Gasteiger partial charge on any atom is 0.273 e. The molecule has 6 unspecified atom stereocenters. The summed E-state index contributed by atoms with van der Waals surface area (Å²) < 4.78 is 33.9. The van der Waals surface area contributed by atoms with E-state index >= 15 is 0 Å². The number of rotatable bonds is 0. The lowest BCUT2D eigenvalue weighted by molar-refractivity contribution is 0.0785. The number of halogens is 1. The Hall–Kier alpha value is 0.600. The van der Waals surface area contributed by atoms with Gasteiger partial charge in [0.25, 0.3) is 10.1 Å². The van der Waals surface area contributed by atoms with E-state index < -0.39 is 15.4 Å². The molecule has 0 N–H and O–H groups in total. The fourth-order valence-electron chi connectivity index (χ4n) is 2.62. The van der Waals surface area contributed by atoms with E-state index in [0.717, 1.165) is 0 Å². The lowest BCUT2D eigenvalue weighted by Crippen LogP contribution is -2.40. The van der Waals surface area contributed by atoms with E-state index in [9.17, 15) is 8.42 Å². The van der Waals surface area contributed by atoms with Crippen LogP contribution in [-0.2, 0) is 19.0 Å². The Kier molecular flexibility index (Phi) is 1.64. The average Bonchev–Trinajstić information content (AvgIpc) is 2.54. The predicted molar refractivity (Wildman–Crippen MR) is 53.2 cm³/mol. The van der Waals surface area contributed by atoms with Crippen LogP contribution >= 0.6 is 22.6 Å². The Balaban J connectivity index is 2.14. The summed E-state index contributed by atoms with van der Waals surface area (Å²) in [6, 6.07) is 0. The molecule has 13 heavy (non-hydrogen) atoms. The monoisotopic (exact) mass is 316 g/mol. The van der Waals surface area contributed by atoms with Gasteiger partial charge in [-0.15, -0.1) is 0 Å². The fraction of sp³-hybridized carbons (Fsp3) is 1.00. The molecule has 6 heteroatoms. The highest BCUT2D eigenvalue weighted by Gasteiger charge is 2.68. The van der Waals surface area contributed by atoms with Crippen molar-refractivity contribution in [2.45, 2.75) is 34.4 Å². The van der Waals surface area contributed by atoms with Gasteiger partial charge in [0.2, 0.25) is 0 Å². The van der Waals surface area contributed by atoms with Gasteiger partial charge in [-0.05, 0) is 0 Å². The van der Waals surface area contributed by atoms with E-state index in [1.165, 1.54) is 0 Å². The number of hydrogen-bond acceptors (Lipinski definition) is 4. The lowest BCUT2D eigenvalue weighted by atomic mass is 9.88. The standard InChI is InChI=1S/C7H9IO4S/c1-2-4-3(8)5-6(11-4)7(2)13(9,10)12-5/h2-7H,1H3. The van der Waals surface area contributed by atoms with Crippen molar-refractivity contribution in [3.8, 4) is 0 Å². The van der Waals surface area contributed by atoms with E-state index in [1.54, 1.807) is 0 Å². The third-order valence-corrected chi connectivity index (χ3v) is 6.48. The van der Waals surface area contributed by atoms with Crippen LogP contribution in [-0.4, -0.2) is 35.9 Å². The largest absolute Gasteiger partial charge is 0.369 e. The first-order chi connectivity index (χ1) is 6.02. The van der Waals surface area contributed by atoms with E-state index in [2.05, 4.69) is 22.6 Å². The van der Waals surface area contributed by atoms with Crippen LogP contribution in [0.4, 0.5) is 0 Å². The first kappa shape index (κ1) is 8.87. The van der Waals surface area contributed by atoms with Crippen LogP contribution in [0.3, 0.4) is 0 Å². The van der Waals surface area contributed by atoms with Crippen LogP contribution < -0.4 is 0 Å². The van der Waals surface area contributed by atoms with Gasteiger partial charge in [0.05, 0.1) is 10.0 Å². The van der Waals surface area contributed by atoms with E-state index in [1.807, 2.05) is 6.92 Å². The summed E-state index contributed by atoms with van der Waals surface area (Å²) in [5.74, 6) is 0.0793. The molecule has 6 atom stereocenters. The van der Waals surface area contributed by atoms with Gasteiger partial charge in [0.1, 0.15) is 17.5 Å². The number of fused-ring (bicyclic) bond motifs is 1. The molecular formula is C7H9IO4S. The summed E-state index contributed by atoms with van der Waals surface area (Å²) in [5.41, 5.74) is 0. The third-order valence-electron chi connectivity index (χ3n) is 3.20. The number of hydrogen-bond donors (Lipinski definition) is 0. The summed E-state index contributed by atoms with van der Waals surface area (Å²) in [5, 5.41) is -0.409. The first-order valence-corrected chi connectivity index (χ1v) is 6.96. The SMILES string of the molecule is CC1C2OC3C(OS(=O)(=O)C13)C2I. The quantitative estimate of drug-likeness (QED) is 0.367. The Morgan fingerprint density at radius 3 is 2.54 bits per heavy atom. The average molecular weight is 316 g/mol. The maximum absolute atomic E-state index is 11.5. The molecule has 0 radical (unpaired) electrons. The molecule has 0 spiro atoms. The lowest BCUT2D eigenvalue weighted by Gasteiger charge is -2.21. The zero-order valence-corrected chi connectivity index (χ0v) is 9.86. The molecule has 0 aromatic heterocycles. The fourth-order valence-corrected chi connectivity index (χ4v) is 6.10. The van der Waals surface area contributed by atoms with Gasteiger partial charge in [0.15, 0.2) is 0 Å². The summed E-state index contributed by atoms with van der Waals surface area (Å²) in [6.45, 7) is 1.93. The normalized spacial score (nSPS) is 61.7. The zero-order chi connectivity index (χ0) is 9.38. The van der Waals surface area contributed by atoms with Crippen LogP contribution in [0.1, 0.15) is 6.92 Å². The van der Waals surface area contributed by atoms with Gasteiger partial charge in [-0.2, -0.15) is 8.42 Å². The predicted octanol–water partition coefficient (Wildman–Crippen LogP) is 0.304. The maximum atomic E-state index is 11.5. The van der Waals surface area contributed by atoms with Crippen LogP contribution in [0.25, 0.3) is 0 Å². The zero-order valence-electron chi connectivity index (χ0n) is 6.88. The second-order valence-electron chi connectivity index (χ2n) is 3.89. The smallest absolute Gasteiger partial charge is 0.273 e. The van der Waals surface area contributed by atoms with Gasteiger partial charge in [0, 0.05) is 5.92 Å². The Bertz CT molecular complexity index is 354. The number of alkyl halides is 1. The van der Waals surface area contributed by atoms with Crippen LogP contribution in [0.2, 0.25) is 0 Å². The highest BCUT2D eigenvalue weighted by molar-refractivity contribution is 14.1. The Labute approximate surface area is 90.2 Å². The molecule has 0 aromatic carbocycles. The highest BCUT2D eigenvalue weighted by Crippen LogP contribution is 2.52. The van der Waals surface area contributed by atoms with Crippen molar-refractivity contribution in [1.29, 1.82) is 0 Å². The molecule has 3 aliphatic rings. The molecule has 0 aliphatic carbocycles. The molecule has 2 bridgehead atoms. The second-order valence-corrected chi connectivity index (χ2v) is 7.05. The molecule has 3 rings (SSSR count). The topological polar surface area (TPSA) is 52.6 Å². The van der Waals surface area contributed by atoms with Gasteiger partial charge < -0.3 is 4.74 Å². The Morgan fingerprint density at radius 2 is 1.92 bits per heavy atom. The van der Waals surface area contributed by atoms with Crippen molar-refractivity contribution in [1.82, 2.24) is 0 Å². The first-order valence-electron chi connectivity index (χ1n) is 4.24. The molecular weight excluding hydrogens is 307 g/mol. The highest BCUT2D eigenvalue weighted by atomic mass is 127. The second kappa shape index (κ2) is 2.40. The number of ether oxygens (including phenoxy) is 1. The summed E-state index contributed by atoms with van der Waals surface area (Å²) in [4.78, 5) is 0. The van der Waals surface area contributed by atoms with Crippen molar-refractivity contribution in [3.05, 3.63) is 0 Å². The third kappa shape index (κ3) is 0.903. The van der Waals surface area contributed by atoms with Gasteiger partial charge in [-0.25, -0.2) is 0 Å². The van der Waals surface area contributed by atoms with E-state index in [4.69, 9.17) is 8.92 Å². The van der Waals surface area contributed by atoms with Crippen molar-refractivity contribution in [2.24, 2.45) is 5.92 Å². The molecule has 3 fully saturated rings. The van der Waals surface area contributed by atoms with E-state index in [0.29, 0.717) is 0 Å². The van der Waals surface area contributed by atoms with Crippen LogP contribution in [0, 0.1) is 5.92 Å². The van der Waals surface area contributed by atoms with E-state index in [-0.39, 0.29) is 28.2 Å². The summed E-state index contributed by atoms with van der Waals surface area (Å²) in [6.07, 6.45) is -0.360. The van der Waals surface area contributed by atoms with Gasteiger partial charge in [-0.1, -0.05) is 29.5 Å². The van der Waals surface area contributed by atoms with Crippen molar-refractivity contribution in [2.75, 3.05) is 0 Å². The van der Waals surface area contributed by atoms with Crippen molar-refractivity contribution < 1.29 is 17.3 Å². The van der Waals surface area contributed by atoms with Crippen molar-refractivity contribution >= 4 is 32.7 Å². The minimum absolute atomic E-state index is 0.0675. The van der Waals surface area contributed by atoms with Crippen LogP contribution in [0.15, 0.2) is 0 Å². The molecule has 0 saturated carbocycles. The summed E-state index contributed by atoms with van der Waals surface area (Å²) in [7, 11) is -3.34. The van der Waals surface area contributed by atoms with Crippen LogP contribution in [0.5, 0.6) is 0 Å².